The average Bonchev–Trinajstić information content (AvgIpc) is 3.23. The number of amides is 1. The van der Waals surface area contributed by atoms with Crippen molar-refractivity contribution < 1.29 is 13.6 Å². The maximum Gasteiger partial charge on any atom is 0.258 e. The molecule has 1 amide bonds. The zero-order chi connectivity index (χ0) is 20.5. The van der Waals surface area contributed by atoms with Crippen LogP contribution in [0.4, 0.5) is 20.2 Å². The number of nitrogens with one attached hydrogen (secondary N) is 2. The number of carbonyl (C=O) groups is 1. The molecule has 0 bridgehead atoms. The Bertz CT molecular complexity index is 1120. The molecule has 0 aliphatic carbocycles. The number of alkyl halides is 2. The second-order valence-corrected chi connectivity index (χ2v) is 6.73. The molecule has 0 saturated carbocycles. The molecule has 4 rings (SSSR count). The van der Waals surface area contributed by atoms with Crippen LogP contribution in [-0.2, 0) is 11.3 Å². The number of halogens is 2. The topological polar surface area (TPSA) is 84.7 Å². The first-order valence-corrected chi connectivity index (χ1v) is 8.93. The van der Waals surface area contributed by atoms with Gasteiger partial charge in [-0.1, -0.05) is 0 Å². The molecule has 2 N–H and O–H groups in total. The van der Waals surface area contributed by atoms with Gasteiger partial charge in [0.2, 0.25) is 0 Å². The second kappa shape index (κ2) is 7.42. The summed E-state index contributed by atoms with van der Waals surface area (Å²) >= 11 is 0. The summed E-state index contributed by atoms with van der Waals surface area (Å²) in [6.45, 7) is 3.24. The summed E-state index contributed by atoms with van der Waals surface area (Å²) in [5.41, 5.74) is 5.52. The normalized spacial score (nSPS) is 14.7. The lowest BCUT2D eigenvalue weighted by Crippen LogP contribution is -2.09. The number of hydrogen-bond donors (Lipinski definition) is 2. The summed E-state index contributed by atoms with van der Waals surface area (Å²) in [5, 5.41) is 9.78. The van der Waals surface area contributed by atoms with Crippen molar-refractivity contribution >= 4 is 22.9 Å². The van der Waals surface area contributed by atoms with Crippen molar-refractivity contribution in [3.8, 4) is 11.3 Å². The Morgan fingerprint density at radius 2 is 2.10 bits per heavy atom. The first kappa shape index (κ1) is 18.7. The van der Waals surface area contributed by atoms with Crippen LogP contribution in [0.2, 0.25) is 0 Å². The van der Waals surface area contributed by atoms with E-state index in [0.717, 1.165) is 15.8 Å². The van der Waals surface area contributed by atoms with Crippen molar-refractivity contribution in [1.29, 1.82) is 0 Å². The van der Waals surface area contributed by atoms with Crippen LogP contribution in [0, 0.1) is 6.92 Å². The van der Waals surface area contributed by atoms with Crippen LogP contribution in [0.5, 0.6) is 0 Å². The average molecular weight is 396 g/mol. The van der Waals surface area contributed by atoms with Crippen LogP contribution < -0.4 is 10.6 Å². The van der Waals surface area contributed by atoms with Crippen molar-refractivity contribution in [3.63, 3.8) is 0 Å². The molecule has 0 aromatic carbocycles. The van der Waals surface area contributed by atoms with Gasteiger partial charge in [0.15, 0.2) is 0 Å². The van der Waals surface area contributed by atoms with Gasteiger partial charge in [-0.15, -0.1) is 0 Å². The molecule has 1 aliphatic rings. The summed E-state index contributed by atoms with van der Waals surface area (Å²) < 4.78 is 26.2. The molecule has 0 atom stereocenters. The number of anilines is 2. The van der Waals surface area contributed by atoms with Gasteiger partial charge in [-0.2, -0.15) is 5.10 Å². The molecule has 0 radical (unpaired) electrons. The van der Waals surface area contributed by atoms with Gasteiger partial charge in [0.25, 0.3) is 12.3 Å². The molecule has 148 valence electrons. The van der Waals surface area contributed by atoms with E-state index in [9.17, 15) is 13.6 Å². The smallest absolute Gasteiger partial charge is 0.258 e. The van der Waals surface area contributed by atoms with Gasteiger partial charge in [-0.05, 0) is 31.5 Å². The first-order valence-electron chi connectivity index (χ1n) is 8.93. The summed E-state index contributed by atoms with van der Waals surface area (Å²) in [5.74, 6) is -0.258. The number of carbonyl (C=O) groups excluding carboxylic acids is 1. The van der Waals surface area contributed by atoms with Crippen molar-refractivity contribution in [2.75, 3.05) is 10.6 Å². The van der Waals surface area contributed by atoms with Gasteiger partial charge in [-0.25, -0.2) is 8.78 Å². The third kappa shape index (κ3) is 3.71. The zero-order valence-electron chi connectivity index (χ0n) is 15.8. The van der Waals surface area contributed by atoms with E-state index in [1.807, 2.05) is 19.1 Å². The van der Waals surface area contributed by atoms with Crippen LogP contribution in [-0.4, -0.2) is 32.1 Å². The number of aryl methyl sites for hydroxylation is 1. The van der Waals surface area contributed by atoms with Gasteiger partial charge in [0.05, 0.1) is 35.0 Å². The molecule has 3 aromatic rings. The Morgan fingerprint density at radius 3 is 2.86 bits per heavy atom. The molecular weight excluding hydrogens is 378 g/mol. The highest BCUT2D eigenvalue weighted by Gasteiger charge is 2.27. The number of allylic oxidation sites excluding steroid dienone is 1. The predicted octanol–water partition coefficient (Wildman–Crippen LogP) is 3.71. The molecule has 0 unspecified atom stereocenters. The Morgan fingerprint density at radius 1 is 1.28 bits per heavy atom. The molecule has 9 heteroatoms. The Kier molecular flexibility index (Phi) is 4.79. The van der Waals surface area contributed by atoms with Crippen molar-refractivity contribution in [2.24, 2.45) is 0 Å². The zero-order valence-corrected chi connectivity index (χ0v) is 15.8. The lowest BCUT2D eigenvalue weighted by molar-refractivity contribution is -0.110. The van der Waals surface area contributed by atoms with Gasteiger partial charge in [0, 0.05) is 35.4 Å². The molecule has 29 heavy (non-hydrogen) atoms. The van der Waals surface area contributed by atoms with Crippen molar-refractivity contribution in [3.05, 3.63) is 59.9 Å². The predicted molar refractivity (Wildman–Crippen MR) is 105 cm³/mol. The third-order valence-corrected chi connectivity index (χ3v) is 4.63. The molecular formula is C20H18F2N6O. The van der Waals surface area contributed by atoms with Crippen LogP contribution in [0.3, 0.4) is 0 Å². The molecule has 1 aliphatic heterocycles. The Balaban J connectivity index is 1.68. The van der Waals surface area contributed by atoms with E-state index in [1.165, 1.54) is 12.4 Å². The molecule has 7 nitrogen and oxygen atoms in total. The molecule has 4 heterocycles. The minimum atomic E-state index is -2.49. The monoisotopic (exact) mass is 396 g/mol. The fourth-order valence-electron chi connectivity index (χ4n) is 3.27. The van der Waals surface area contributed by atoms with E-state index in [1.54, 1.807) is 25.5 Å². The van der Waals surface area contributed by atoms with Gasteiger partial charge in [-0.3, -0.25) is 19.4 Å². The maximum absolute atomic E-state index is 12.6. The lowest BCUT2D eigenvalue weighted by atomic mass is 10.0. The highest BCUT2D eigenvalue weighted by atomic mass is 19.3. The quantitative estimate of drug-likeness (QED) is 0.643. The molecule has 3 aromatic heterocycles. The van der Waals surface area contributed by atoms with E-state index < -0.39 is 13.0 Å². The minimum Gasteiger partial charge on any atom is -0.356 e. The van der Waals surface area contributed by atoms with Gasteiger partial charge < -0.3 is 10.6 Å². The van der Waals surface area contributed by atoms with E-state index in [-0.39, 0.29) is 5.91 Å². The fourth-order valence-corrected chi connectivity index (χ4v) is 3.27. The number of hydrogen-bond acceptors (Lipinski definition) is 5. The van der Waals surface area contributed by atoms with E-state index in [4.69, 9.17) is 0 Å². The van der Waals surface area contributed by atoms with Gasteiger partial charge in [0.1, 0.15) is 6.54 Å². The summed E-state index contributed by atoms with van der Waals surface area (Å²) in [7, 11) is 0. The fraction of sp³-hybridized carbons (Fsp3) is 0.200. The van der Waals surface area contributed by atoms with E-state index >= 15 is 0 Å². The van der Waals surface area contributed by atoms with E-state index in [2.05, 4.69) is 25.7 Å². The molecule has 0 spiro atoms. The van der Waals surface area contributed by atoms with Crippen LogP contribution >= 0.6 is 0 Å². The second-order valence-electron chi connectivity index (χ2n) is 6.73. The molecule has 0 saturated heterocycles. The first-order chi connectivity index (χ1) is 13.9. The highest BCUT2D eigenvalue weighted by Crippen LogP contribution is 2.36. The Hall–Kier alpha value is -3.62. The number of pyridine rings is 2. The summed E-state index contributed by atoms with van der Waals surface area (Å²) in [6, 6.07) is 3.74. The summed E-state index contributed by atoms with van der Waals surface area (Å²) in [4.78, 5) is 21.2. The maximum atomic E-state index is 12.6. The standard InChI is InChI=1S/C20H18F2N6O/c1-11-3-4-23-7-15(11)16-5-14-17(8-24-16)27-20(29)19(14)12(2)26-13-6-25-28(9-13)10-18(21)22/h3-9,18,26H,10H2,1-2H3,(H,27,29)/b19-12-. The number of rotatable bonds is 5. The van der Waals surface area contributed by atoms with Gasteiger partial charge >= 0.3 is 0 Å². The SMILES string of the molecule is C/C(Nc1cnn(CC(F)F)c1)=C1/C(=O)Nc2cnc(-c3cnccc3C)cc21. The van der Waals surface area contributed by atoms with Crippen molar-refractivity contribution in [1.82, 2.24) is 19.7 Å². The third-order valence-electron chi connectivity index (χ3n) is 4.63. The van der Waals surface area contributed by atoms with Crippen LogP contribution in [0.1, 0.15) is 18.1 Å². The lowest BCUT2D eigenvalue weighted by Gasteiger charge is -2.09. The Labute approximate surface area is 165 Å². The minimum absolute atomic E-state index is 0.258. The van der Waals surface area contributed by atoms with Crippen LogP contribution in [0.15, 0.2) is 48.8 Å². The van der Waals surface area contributed by atoms with Crippen molar-refractivity contribution in [2.45, 2.75) is 26.8 Å². The number of fused-ring (bicyclic) bond motifs is 1. The summed E-state index contributed by atoms with van der Waals surface area (Å²) in [6.07, 6.45) is 5.50. The van der Waals surface area contributed by atoms with Crippen LogP contribution in [0.25, 0.3) is 16.8 Å². The largest absolute Gasteiger partial charge is 0.356 e. The number of nitrogens with zero attached hydrogens (tertiary/aromatic N) is 4. The highest BCUT2D eigenvalue weighted by molar-refractivity contribution is 6.32. The van der Waals surface area contributed by atoms with E-state index in [0.29, 0.717) is 33.9 Å². The molecule has 0 fully saturated rings. The number of aromatic nitrogens is 4.